The standard InChI is InChI=1S/C10H11BrN2O4S/c11-8-3-7(13(16)17)2-1-6(8)4-18-5-9(12)10(14)15/h1-3,9H,4-5,12H2,(H,14,15)/t9-/m0/s1. The number of thioether (sulfide) groups is 1. The summed E-state index contributed by atoms with van der Waals surface area (Å²) in [6.45, 7) is 0. The van der Waals surface area contributed by atoms with Crippen molar-refractivity contribution < 1.29 is 14.8 Å². The maximum absolute atomic E-state index is 10.5. The van der Waals surface area contributed by atoms with Crippen LogP contribution in [0.25, 0.3) is 0 Å². The third kappa shape index (κ3) is 4.28. The number of rotatable bonds is 6. The van der Waals surface area contributed by atoms with Crippen LogP contribution in [-0.2, 0) is 10.5 Å². The molecule has 1 aromatic carbocycles. The van der Waals surface area contributed by atoms with Gasteiger partial charge in [-0.2, -0.15) is 11.8 Å². The second-order valence-corrected chi connectivity index (χ2v) is 5.38. The van der Waals surface area contributed by atoms with Gasteiger partial charge in [0.1, 0.15) is 6.04 Å². The van der Waals surface area contributed by atoms with Gasteiger partial charge in [-0.1, -0.05) is 22.0 Å². The summed E-state index contributed by atoms with van der Waals surface area (Å²) in [4.78, 5) is 20.6. The molecule has 8 heteroatoms. The van der Waals surface area contributed by atoms with Crippen LogP contribution in [0.3, 0.4) is 0 Å². The fourth-order valence-corrected chi connectivity index (χ4v) is 2.81. The molecule has 0 spiro atoms. The number of carboxylic acid groups (broad SMARTS) is 1. The lowest BCUT2D eigenvalue weighted by Gasteiger charge is -2.07. The summed E-state index contributed by atoms with van der Waals surface area (Å²) in [5.41, 5.74) is 6.24. The van der Waals surface area contributed by atoms with E-state index in [-0.39, 0.29) is 5.69 Å². The van der Waals surface area contributed by atoms with Gasteiger partial charge in [0.05, 0.1) is 4.92 Å². The van der Waals surface area contributed by atoms with E-state index in [0.717, 1.165) is 5.56 Å². The Morgan fingerprint density at radius 3 is 2.78 bits per heavy atom. The summed E-state index contributed by atoms with van der Waals surface area (Å²) in [5.74, 6) is -0.205. The molecule has 0 heterocycles. The zero-order valence-electron chi connectivity index (χ0n) is 9.21. The van der Waals surface area contributed by atoms with Crippen LogP contribution in [0.5, 0.6) is 0 Å². The van der Waals surface area contributed by atoms with Crippen LogP contribution >= 0.6 is 27.7 Å². The summed E-state index contributed by atoms with van der Waals surface area (Å²) >= 11 is 4.61. The largest absolute Gasteiger partial charge is 0.480 e. The van der Waals surface area contributed by atoms with Crippen LogP contribution < -0.4 is 5.73 Å². The number of aliphatic carboxylic acids is 1. The van der Waals surface area contributed by atoms with Crippen molar-refractivity contribution in [3.63, 3.8) is 0 Å². The quantitative estimate of drug-likeness (QED) is 0.608. The Balaban J connectivity index is 2.58. The zero-order valence-corrected chi connectivity index (χ0v) is 11.6. The molecule has 0 amide bonds. The van der Waals surface area contributed by atoms with E-state index in [4.69, 9.17) is 10.8 Å². The molecule has 1 atom stereocenters. The third-order valence-corrected chi connectivity index (χ3v) is 3.97. The van der Waals surface area contributed by atoms with E-state index in [9.17, 15) is 14.9 Å². The maximum Gasteiger partial charge on any atom is 0.321 e. The average molecular weight is 335 g/mol. The van der Waals surface area contributed by atoms with Crippen molar-refractivity contribution in [3.8, 4) is 0 Å². The maximum atomic E-state index is 10.5. The van der Waals surface area contributed by atoms with Gasteiger partial charge in [-0.15, -0.1) is 0 Å². The molecule has 0 saturated heterocycles. The van der Waals surface area contributed by atoms with Crippen molar-refractivity contribution in [2.75, 3.05) is 5.75 Å². The SMILES string of the molecule is N[C@@H](CSCc1ccc([N+](=O)[O-])cc1Br)C(=O)O. The second kappa shape index (κ2) is 6.72. The highest BCUT2D eigenvalue weighted by molar-refractivity contribution is 9.10. The first kappa shape index (κ1) is 14.9. The molecule has 0 bridgehead atoms. The van der Waals surface area contributed by atoms with Gasteiger partial charge in [-0.3, -0.25) is 14.9 Å². The van der Waals surface area contributed by atoms with Gasteiger partial charge in [0, 0.05) is 28.1 Å². The van der Waals surface area contributed by atoms with E-state index in [1.54, 1.807) is 6.07 Å². The first-order chi connectivity index (χ1) is 8.41. The number of non-ortho nitro benzene ring substituents is 1. The lowest BCUT2D eigenvalue weighted by atomic mass is 10.2. The molecular formula is C10H11BrN2O4S. The predicted octanol–water partition coefficient (Wildman–Crippen LogP) is 2.00. The van der Waals surface area contributed by atoms with E-state index in [2.05, 4.69) is 15.9 Å². The summed E-state index contributed by atoms with van der Waals surface area (Å²) in [7, 11) is 0. The van der Waals surface area contributed by atoms with Gasteiger partial charge >= 0.3 is 5.97 Å². The minimum atomic E-state index is -1.04. The Hall–Kier alpha value is -1.12. The zero-order chi connectivity index (χ0) is 13.7. The number of carboxylic acids is 1. The van der Waals surface area contributed by atoms with Crippen molar-refractivity contribution in [1.29, 1.82) is 0 Å². The Morgan fingerprint density at radius 1 is 1.61 bits per heavy atom. The molecule has 98 valence electrons. The molecule has 6 nitrogen and oxygen atoms in total. The molecule has 0 unspecified atom stereocenters. The van der Waals surface area contributed by atoms with E-state index in [1.807, 2.05) is 0 Å². The Bertz CT molecular complexity index is 469. The molecule has 1 aromatic rings. The third-order valence-electron chi connectivity index (χ3n) is 2.12. The fraction of sp³-hybridized carbons (Fsp3) is 0.300. The van der Waals surface area contributed by atoms with Crippen LogP contribution in [0.2, 0.25) is 0 Å². The van der Waals surface area contributed by atoms with E-state index >= 15 is 0 Å². The van der Waals surface area contributed by atoms with Crippen LogP contribution in [0, 0.1) is 10.1 Å². The summed E-state index contributed by atoms with van der Waals surface area (Å²) in [6.07, 6.45) is 0. The number of carbonyl (C=O) groups is 1. The average Bonchev–Trinajstić information content (AvgIpc) is 2.30. The van der Waals surface area contributed by atoms with Gasteiger partial charge in [-0.25, -0.2) is 0 Å². The van der Waals surface area contributed by atoms with E-state index < -0.39 is 16.9 Å². The number of nitrogens with zero attached hydrogens (tertiary/aromatic N) is 1. The molecule has 1 rings (SSSR count). The van der Waals surface area contributed by atoms with E-state index in [1.165, 1.54) is 23.9 Å². The molecule has 0 fully saturated rings. The van der Waals surface area contributed by atoms with Crippen molar-refractivity contribution in [2.45, 2.75) is 11.8 Å². The molecule has 18 heavy (non-hydrogen) atoms. The van der Waals surface area contributed by atoms with Crippen LogP contribution in [0.1, 0.15) is 5.56 Å². The van der Waals surface area contributed by atoms with Gasteiger partial charge in [0.15, 0.2) is 0 Å². The molecular weight excluding hydrogens is 324 g/mol. The monoisotopic (exact) mass is 334 g/mol. The highest BCUT2D eigenvalue weighted by Gasteiger charge is 2.12. The lowest BCUT2D eigenvalue weighted by molar-refractivity contribution is -0.384. The topological polar surface area (TPSA) is 106 Å². The highest BCUT2D eigenvalue weighted by Crippen LogP contribution is 2.26. The summed E-state index contributed by atoms with van der Waals surface area (Å²) < 4.78 is 0.632. The van der Waals surface area contributed by atoms with Crippen molar-refractivity contribution >= 4 is 39.3 Å². The minimum absolute atomic E-state index is 0.0119. The number of nitro benzene ring substituents is 1. The van der Waals surface area contributed by atoms with Gasteiger partial charge < -0.3 is 10.8 Å². The first-order valence-electron chi connectivity index (χ1n) is 4.90. The molecule has 0 radical (unpaired) electrons. The van der Waals surface area contributed by atoms with Gasteiger partial charge in [-0.05, 0) is 5.56 Å². The Labute approximate surface area is 116 Å². The highest BCUT2D eigenvalue weighted by atomic mass is 79.9. The molecule has 3 N–H and O–H groups in total. The molecule has 0 aliphatic carbocycles. The van der Waals surface area contributed by atoms with Crippen LogP contribution in [0.4, 0.5) is 5.69 Å². The Morgan fingerprint density at radius 2 is 2.28 bits per heavy atom. The number of hydrogen-bond donors (Lipinski definition) is 2. The number of hydrogen-bond acceptors (Lipinski definition) is 5. The molecule has 0 saturated carbocycles. The van der Waals surface area contributed by atoms with Crippen molar-refractivity contribution in [1.82, 2.24) is 0 Å². The number of nitro groups is 1. The van der Waals surface area contributed by atoms with Crippen molar-refractivity contribution in [2.24, 2.45) is 5.73 Å². The first-order valence-corrected chi connectivity index (χ1v) is 6.85. The summed E-state index contributed by atoms with van der Waals surface area (Å²) in [5, 5.41) is 19.1. The summed E-state index contributed by atoms with van der Waals surface area (Å²) in [6, 6.07) is 3.58. The van der Waals surface area contributed by atoms with Gasteiger partial charge in [0.2, 0.25) is 0 Å². The molecule has 0 aliphatic heterocycles. The fourth-order valence-electron chi connectivity index (χ4n) is 1.13. The van der Waals surface area contributed by atoms with Gasteiger partial charge in [0.25, 0.3) is 5.69 Å². The Kier molecular flexibility index (Phi) is 5.57. The normalized spacial score (nSPS) is 12.1. The number of nitrogens with two attached hydrogens (primary N) is 1. The predicted molar refractivity (Wildman–Crippen MR) is 72.6 cm³/mol. The number of benzene rings is 1. The second-order valence-electron chi connectivity index (χ2n) is 3.49. The minimum Gasteiger partial charge on any atom is -0.480 e. The smallest absolute Gasteiger partial charge is 0.321 e. The van der Waals surface area contributed by atoms with Crippen LogP contribution in [0.15, 0.2) is 22.7 Å². The molecule has 0 aliphatic rings. The van der Waals surface area contributed by atoms with Crippen molar-refractivity contribution in [3.05, 3.63) is 38.3 Å². The number of halogens is 1. The lowest BCUT2D eigenvalue weighted by Crippen LogP contribution is -2.32. The molecule has 0 aromatic heterocycles. The van der Waals surface area contributed by atoms with Crippen LogP contribution in [-0.4, -0.2) is 27.8 Å². The van der Waals surface area contributed by atoms with E-state index in [0.29, 0.717) is 16.0 Å².